The van der Waals surface area contributed by atoms with Crippen molar-refractivity contribution in [1.82, 2.24) is 4.57 Å². The van der Waals surface area contributed by atoms with E-state index in [0.29, 0.717) is 16.6 Å². The molecule has 0 saturated carbocycles. The van der Waals surface area contributed by atoms with Gasteiger partial charge in [0, 0.05) is 44.1 Å². The van der Waals surface area contributed by atoms with Crippen LogP contribution in [0.15, 0.2) is 175 Å². The predicted octanol–water partition coefficient (Wildman–Crippen LogP) is 9.91. The summed E-state index contributed by atoms with van der Waals surface area (Å²) in [4.78, 5) is 2.18. The Balaban J connectivity index is 1.38. The molecule has 0 atom stereocenters. The van der Waals surface area contributed by atoms with E-state index in [9.17, 15) is 10.0 Å². The second-order valence-electron chi connectivity index (χ2n) is 12.2. The van der Waals surface area contributed by atoms with E-state index in [1.54, 1.807) is 12.1 Å². The molecule has 0 fully saturated rings. The van der Waals surface area contributed by atoms with Crippen molar-refractivity contribution in [2.75, 3.05) is 4.90 Å². The molecule has 2 heterocycles. The number of furan rings is 1. The van der Waals surface area contributed by atoms with E-state index in [1.165, 1.54) is 0 Å². The van der Waals surface area contributed by atoms with Gasteiger partial charge in [-0.2, -0.15) is 0 Å². The van der Waals surface area contributed by atoms with Gasteiger partial charge >= 0.3 is 7.12 Å². The molecular weight excluding hydrogens is 615 g/mol. The number of rotatable bonds is 10. The number of hydrogen-bond acceptors (Lipinski definition) is 4. The van der Waals surface area contributed by atoms with Crippen LogP contribution in [-0.4, -0.2) is 21.7 Å². The van der Waals surface area contributed by atoms with E-state index in [1.807, 2.05) is 66.8 Å². The van der Waals surface area contributed by atoms with Crippen LogP contribution in [0.4, 0.5) is 5.69 Å². The van der Waals surface area contributed by atoms with E-state index in [2.05, 4.69) is 104 Å². The Morgan fingerprint density at radius 3 is 2.16 bits per heavy atom. The number of allylic oxidation sites excluding steroid dienone is 8. The molecule has 0 amide bonds. The molecule has 0 aliphatic carbocycles. The third-order valence-corrected chi connectivity index (χ3v) is 9.25. The summed E-state index contributed by atoms with van der Waals surface area (Å²) in [6.45, 7) is 16.4. The summed E-state index contributed by atoms with van der Waals surface area (Å²) < 4.78 is 8.66. The van der Waals surface area contributed by atoms with Crippen molar-refractivity contribution in [3.63, 3.8) is 0 Å². The summed E-state index contributed by atoms with van der Waals surface area (Å²) in [5.41, 5.74) is 10.6. The first-order chi connectivity index (χ1) is 24.4. The molecule has 0 bridgehead atoms. The first-order valence-electron chi connectivity index (χ1n) is 16.5. The van der Waals surface area contributed by atoms with E-state index in [0.717, 1.165) is 72.0 Å². The standard InChI is InChI=1S/C44H37BN2O3/c1-6-15-33(8-3)46(39-21-11-9-16-29(39)4)30(5)24-25-31(7-2)32-26-27-41-37(28-32)34-17-10-12-22-40(34)47(41)42-23-14-19-36-35-18-13-20-38(45(48)49)43(35)50-44(36)42/h6-28,48-49H,1-3H2,4-5H3/b30-24+,31-25+,33-15+. The number of aromatic nitrogens is 1. The summed E-state index contributed by atoms with van der Waals surface area (Å²) in [5, 5.41) is 24.0. The molecule has 244 valence electrons. The molecule has 7 aromatic rings. The predicted molar refractivity (Wildman–Crippen MR) is 212 cm³/mol. The van der Waals surface area contributed by atoms with Crippen molar-refractivity contribution in [3.05, 3.63) is 182 Å². The van der Waals surface area contributed by atoms with Gasteiger partial charge in [-0.1, -0.05) is 111 Å². The lowest BCUT2D eigenvalue weighted by Gasteiger charge is -2.28. The Labute approximate surface area is 292 Å². The lowest BCUT2D eigenvalue weighted by atomic mass is 9.79. The molecule has 0 aliphatic rings. The Morgan fingerprint density at radius 2 is 1.42 bits per heavy atom. The maximum absolute atomic E-state index is 10.1. The van der Waals surface area contributed by atoms with Crippen LogP contribution in [-0.2, 0) is 0 Å². The Bertz CT molecular complexity index is 2560. The zero-order valence-electron chi connectivity index (χ0n) is 28.2. The topological polar surface area (TPSA) is 61.8 Å². The van der Waals surface area contributed by atoms with Gasteiger partial charge in [0.2, 0.25) is 0 Å². The molecule has 5 nitrogen and oxygen atoms in total. The Morgan fingerprint density at radius 1 is 0.720 bits per heavy atom. The van der Waals surface area contributed by atoms with Crippen molar-refractivity contribution < 1.29 is 14.5 Å². The van der Waals surface area contributed by atoms with Gasteiger partial charge in [-0.25, -0.2) is 0 Å². The van der Waals surface area contributed by atoms with Gasteiger partial charge in [-0.15, -0.1) is 0 Å². The second-order valence-corrected chi connectivity index (χ2v) is 12.2. The summed E-state index contributed by atoms with van der Waals surface area (Å²) in [6, 6.07) is 34.6. The fraction of sp³-hybridized carbons (Fsp3) is 0.0455. The van der Waals surface area contributed by atoms with Crippen molar-refractivity contribution in [3.8, 4) is 5.69 Å². The lowest BCUT2D eigenvalue weighted by Crippen LogP contribution is -2.29. The molecule has 0 spiro atoms. The third-order valence-electron chi connectivity index (χ3n) is 9.25. The first-order valence-corrected chi connectivity index (χ1v) is 16.5. The van der Waals surface area contributed by atoms with Crippen LogP contribution in [0.2, 0.25) is 0 Å². The average Bonchev–Trinajstić information content (AvgIpc) is 3.68. The number of benzene rings is 5. The number of para-hydroxylation sites is 4. The van der Waals surface area contributed by atoms with Crippen molar-refractivity contribution in [1.29, 1.82) is 0 Å². The number of aryl methyl sites for hydroxylation is 1. The van der Waals surface area contributed by atoms with Crippen LogP contribution < -0.4 is 10.4 Å². The fourth-order valence-corrected chi connectivity index (χ4v) is 6.89. The van der Waals surface area contributed by atoms with E-state index in [-0.39, 0.29) is 0 Å². The van der Waals surface area contributed by atoms with Crippen molar-refractivity contribution in [2.45, 2.75) is 13.8 Å². The van der Waals surface area contributed by atoms with Gasteiger partial charge in [0.05, 0.1) is 16.7 Å². The molecular formula is C44H37BN2O3. The Hall–Kier alpha value is -6.08. The zero-order valence-corrected chi connectivity index (χ0v) is 28.2. The highest BCUT2D eigenvalue weighted by Crippen LogP contribution is 2.38. The Kier molecular flexibility index (Phi) is 8.73. The van der Waals surface area contributed by atoms with Gasteiger partial charge in [0.25, 0.3) is 0 Å². The van der Waals surface area contributed by atoms with Gasteiger partial charge in [0.1, 0.15) is 5.58 Å². The van der Waals surface area contributed by atoms with Crippen LogP contribution in [0.25, 0.3) is 55.0 Å². The van der Waals surface area contributed by atoms with Crippen LogP contribution in [0.1, 0.15) is 18.1 Å². The third kappa shape index (κ3) is 5.51. The van der Waals surface area contributed by atoms with Crippen molar-refractivity contribution >= 4 is 67.6 Å². The largest absolute Gasteiger partial charge is 0.492 e. The van der Waals surface area contributed by atoms with Gasteiger partial charge in [-0.3, -0.25) is 0 Å². The smallest absolute Gasteiger partial charge is 0.454 e. The van der Waals surface area contributed by atoms with E-state index in [4.69, 9.17) is 4.42 Å². The van der Waals surface area contributed by atoms with E-state index >= 15 is 0 Å². The van der Waals surface area contributed by atoms with Crippen LogP contribution in [0.5, 0.6) is 0 Å². The zero-order chi connectivity index (χ0) is 34.9. The normalized spacial score (nSPS) is 12.6. The van der Waals surface area contributed by atoms with Crippen LogP contribution >= 0.6 is 0 Å². The molecule has 0 radical (unpaired) electrons. The fourth-order valence-electron chi connectivity index (χ4n) is 6.89. The van der Waals surface area contributed by atoms with Crippen LogP contribution in [0, 0.1) is 6.92 Å². The molecule has 0 saturated heterocycles. The quantitative estimate of drug-likeness (QED) is 0.114. The van der Waals surface area contributed by atoms with Gasteiger partial charge in [0.15, 0.2) is 5.58 Å². The summed E-state index contributed by atoms with van der Waals surface area (Å²) >= 11 is 0. The maximum atomic E-state index is 10.1. The minimum absolute atomic E-state index is 0.337. The molecule has 50 heavy (non-hydrogen) atoms. The minimum atomic E-state index is -1.64. The summed E-state index contributed by atoms with van der Waals surface area (Å²) in [6.07, 6.45) is 11.7. The average molecular weight is 653 g/mol. The van der Waals surface area contributed by atoms with E-state index < -0.39 is 7.12 Å². The number of anilines is 1. The summed E-state index contributed by atoms with van der Waals surface area (Å²) in [7, 11) is -1.64. The number of fused-ring (bicyclic) bond motifs is 6. The molecule has 2 aromatic heterocycles. The SMILES string of the molecule is C=C/C=C(\C=C)N(/C(C)=C/C=C(\C=C)c1ccc2c(c1)c1ccccc1n2-c1cccc2c1oc1c(B(O)O)cccc12)c1ccccc1C. The maximum Gasteiger partial charge on any atom is 0.492 e. The van der Waals surface area contributed by atoms with Gasteiger partial charge < -0.3 is 23.9 Å². The summed E-state index contributed by atoms with van der Waals surface area (Å²) in [5.74, 6) is 0. The molecule has 7 rings (SSSR count). The molecule has 0 aliphatic heterocycles. The van der Waals surface area contributed by atoms with Gasteiger partial charge in [-0.05, 0) is 79.1 Å². The molecule has 6 heteroatoms. The first kappa shape index (κ1) is 32.5. The second kappa shape index (κ2) is 13.4. The highest BCUT2D eigenvalue weighted by molar-refractivity contribution is 6.61. The molecule has 5 aromatic carbocycles. The lowest BCUT2D eigenvalue weighted by molar-refractivity contribution is 0.425. The monoisotopic (exact) mass is 652 g/mol. The number of nitrogens with zero attached hydrogens (tertiary/aromatic N) is 2. The highest BCUT2D eigenvalue weighted by Gasteiger charge is 2.22. The van der Waals surface area contributed by atoms with Crippen molar-refractivity contribution in [2.24, 2.45) is 0 Å². The number of hydrogen-bond donors (Lipinski definition) is 2. The molecule has 2 N–H and O–H groups in total. The minimum Gasteiger partial charge on any atom is -0.454 e. The molecule has 0 unspecified atom stereocenters. The van der Waals surface area contributed by atoms with Crippen LogP contribution in [0.3, 0.4) is 0 Å². The highest BCUT2D eigenvalue weighted by atomic mass is 16.4.